The van der Waals surface area contributed by atoms with Gasteiger partial charge in [0.2, 0.25) is 0 Å². The first-order valence-corrected chi connectivity index (χ1v) is 11.7. The summed E-state index contributed by atoms with van der Waals surface area (Å²) in [4.78, 5) is 40.6. The monoisotopic (exact) mass is 454 g/mol. The van der Waals surface area contributed by atoms with E-state index in [1.165, 1.54) is 0 Å². The zero-order valence-electron chi connectivity index (χ0n) is 18.8. The molecule has 1 atom stereocenters. The second kappa shape index (κ2) is 9.51. The van der Waals surface area contributed by atoms with Crippen LogP contribution in [-0.2, 0) is 11.2 Å². The Balaban J connectivity index is 1.37. The van der Waals surface area contributed by atoms with Crippen molar-refractivity contribution >= 4 is 23.5 Å². The molecule has 0 spiro atoms. The minimum Gasteiger partial charge on any atom is -0.454 e. The van der Waals surface area contributed by atoms with E-state index in [2.05, 4.69) is 5.32 Å². The standard InChI is InChI=1S/C28H26N2O4/c31-26(29-24-12-6-5-11-23(24)27(32)30-15-7-2-8-16-30)20-13-14-22-21(17-20)18-25(34-28(22)33)19-9-3-1-4-10-19/h1,3-6,9-14,17,25H,2,7-8,15-16,18H2,(H,29,31)/t25-/m0/s1. The van der Waals surface area contributed by atoms with Crippen LogP contribution in [0, 0.1) is 0 Å². The maximum Gasteiger partial charge on any atom is 0.339 e. The Morgan fingerprint density at radius 3 is 2.41 bits per heavy atom. The number of carbonyl (C=O) groups is 3. The smallest absolute Gasteiger partial charge is 0.339 e. The molecule has 6 heteroatoms. The molecule has 0 radical (unpaired) electrons. The lowest BCUT2D eigenvalue weighted by molar-refractivity contribution is 0.0252. The molecule has 3 aromatic rings. The van der Waals surface area contributed by atoms with Crippen LogP contribution < -0.4 is 5.32 Å². The predicted molar refractivity (Wildman–Crippen MR) is 129 cm³/mol. The Morgan fingerprint density at radius 2 is 1.62 bits per heavy atom. The van der Waals surface area contributed by atoms with Crippen LogP contribution in [0.15, 0.2) is 72.8 Å². The van der Waals surface area contributed by atoms with Gasteiger partial charge in [0.15, 0.2) is 0 Å². The van der Waals surface area contributed by atoms with Crippen molar-refractivity contribution in [3.63, 3.8) is 0 Å². The van der Waals surface area contributed by atoms with Gasteiger partial charge in [-0.05, 0) is 60.7 Å². The van der Waals surface area contributed by atoms with Crippen LogP contribution in [-0.4, -0.2) is 35.8 Å². The van der Waals surface area contributed by atoms with Crippen LogP contribution in [0.2, 0.25) is 0 Å². The molecule has 1 N–H and O–H groups in total. The lowest BCUT2D eigenvalue weighted by atomic mass is 9.93. The third-order valence-electron chi connectivity index (χ3n) is 6.46. The second-order valence-electron chi connectivity index (χ2n) is 8.73. The van der Waals surface area contributed by atoms with Gasteiger partial charge < -0.3 is 15.0 Å². The van der Waals surface area contributed by atoms with Crippen LogP contribution >= 0.6 is 0 Å². The molecular weight excluding hydrogens is 428 g/mol. The normalized spacial score (nSPS) is 17.5. The second-order valence-corrected chi connectivity index (χ2v) is 8.73. The Labute approximate surface area is 198 Å². The number of hydrogen-bond acceptors (Lipinski definition) is 4. The number of nitrogens with one attached hydrogen (secondary N) is 1. The van der Waals surface area contributed by atoms with Crippen molar-refractivity contribution in [1.82, 2.24) is 4.90 Å². The van der Waals surface area contributed by atoms with E-state index in [0.29, 0.717) is 28.8 Å². The van der Waals surface area contributed by atoms with Crippen LogP contribution in [0.25, 0.3) is 0 Å². The third-order valence-corrected chi connectivity index (χ3v) is 6.46. The fourth-order valence-electron chi connectivity index (χ4n) is 4.63. The van der Waals surface area contributed by atoms with Crippen LogP contribution in [0.1, 0.15) is 67.6 Å². The summed E-state index contributed by atoms with van der Waals surface area (Å²) in [5.74, 6) is -0.772. The third kappa shape index (κ3) is 4.44. The molecule has 3 aromatic carbocycles. The Hall–Kier alpha value is -3.93. The maximum absolute atomic E-state index is 13.1. The number of ether oxygens (including phenoxy) is 1. The van der Waals surface area contributed by atoms with Crippen molar-refractivity contribution in [3.8, 4) is 0 Å². The number of likely N-dealkylation sites (tertiary alicyclic amines) is 1. The average molecular weight is 455 g/mol. The molecule has 6 nitrogen and oxygen atoms in total. The van der Waals surface area contributed by atoms with E-state index < -0.39 is 0 Å². The van der Waals surface area contributed by atoms with Gasteiger partial charge in [-0.15, -0.1) is 0 Å². The predicted octanol–water partition coefficient (Wildman–Crippen LogP) is 5.02. The number of nitrogens with zero attached hydrogens (tertiary/aromatic N) is 1. The minimum absolute atomic E-state index is 0.0607. The number of fused-ring (bicyclic) bond motifs is 1. The lowest BCUT2D eigenvalue weighted by Crippen LogP contribution is -2.36. The van der Waals surface area contributed by atoms with Crippen LogP contribution in [0.3, 0.4) is 0 Å². The number of benzene rings is 3. The molecular formula is C28H26N2O4. The molecule has 2 aliphatic rings. The molecule has 172 valence electrons. The van der Waals surface area contributed by atoms with E-state index in [-0.39, 0.29) is 23.9 Å². The lowest BCUT2D eigenvalue weighted by Gasteiger charge is -2.27. The van der Waals surface area contributed by atoms with Crippen LogP contribution in [0.4, 0.5) is 5.69 Å². The number of carbonyl (C=O) groups excluding carboxylic acids is 3. The summed E-state index contributed by atoms with van der Waals surface area (Å²) in [6, 6.07) is 21.7. The molecule has 0 aliphatic carbocycles. The van der Waals surface area contributed by atoms with Gasteiger partial charge in [-0.3, -0.25) is 9.59 Å². The SMILES string of the molecule is O=C(Nc1ccccc1C(=O)N1CCCCC1)c1ccc2c(c1)C[C@@H](c1ccccc1)OC2=O. The number of piperidine rings is 1. The summed E-state index contributed by atoms with van der Waals surface area (Å²) in [6.45, 7) is 1.48. The number of hydrogen-bond donors (Lipinski definition) is 1. The highest BCUT2D eigenvalue weighted by Crippen LogP contribution is 2.31. The number of anilines is 1. The Bertz CT molecular complexity index is 1230. The van der Waals surface area contributed by atoms with E-state index >= 15 is 0 Å². The highest BCUT2D eigenvalue weighted by atomic mass is 16.5. The molecule has 0 bridgehead atoms. The first-order valence-electron chi connectivity index (χ1n) is 11.7. The molecule has 0 aromatic heterocycles. The molecule has 2 amide bonds. The molecule has 34 heavy (non-hydrogen) atoms. The molecule has 2 heterocycles. The van der Waals surface area contributed by atoms with E-state index in [0.717, 1.165) is 43.5 Å². The quantitative estimate of drug-likeness (QED) is 0.562. The van der Waals surface area contributed by atoms with Gasteiger partial charge in [0.05, 0.1) is 16.8 Å². The summed E-state index contributed by atoms with van der Waals surface area (Å²) in [6.07, 6.45) is 3.25. The van der Waals surface area contributed by atoms with E-state index in [4.69, 9.17) is 4.74 Å². The van der Waals surface area contributed by atoms with Crippen LogP contribution in [0.5, 0.6) is 0 Å². The molecule has 5 rings (SSSR count). The van der Waals surface area contributed by atoms with Crippen molar-refractivity contribution in [1.29, 1.82) is 0 Å². The summed E-state index contributed by atoms with van der Waals surface area (Å²) in [7, 11) is 0. The fourth-order valence-corrected chi connectivity index (χ4v) is 4.63. The van der Waals surface area contributed by atoms with Crippen molar-refractivity contribution < 1.29 is 19.1 Å². The van der Waals surface area contributed by atoms with Gasteiger partial charge in [0.1, 0.15) is 6.10 Å². The number of amides is 2. The Kier molecular flexibility index (Phi) is 6.12. The highest BCUT2D eigenvalue weighted by Gasteiger charge is 2.28. The van der Waals surface area contributed by atoms with Gasteiger partial charge in [-0.25, -0.2) is 4.79 Å². The van der Waals surface area contributed by atoms with Crippen molar-refractivity contribution in [2.24, 2.45) is 0 Å². The summed E-state index contributed by atoms with van der Waals surface area (Å²) in [5, 5.41) is 2.91. The summed E-state index contributed by atoms with van der Waals surface area (Å²) < 4.78 is 5.61. The Morgan fingerprint density at radius 1 is 0.882 bits per heavy atom. The average Bonchev–Trinajstić information content (AvgIpc) is 2.89. The molecule has 0 unspecified atom stereocenters. The highest BCUT2D eigenvalue weighted by molar-refractivity contribution is 6.09. The zero-order valence-corrected chi connectivity index (χ0v) is 18.8. The van der Waals surface area contributed by atoms with E-state index in [9.17, 15) is 14.4 Å². The number of cyclic esters (lactones) is 1. The molecule has 1 saturated heterocycles. The van der Waals surface area contributed by atoms with Gasteiger partial charge in [0, 0.05) is 25.1 Å². The number of para-hydroxylation sites is 1. The maximum atomic E-state index is 13.1. The largest absolute Gasteiger partial charge is 0.454 e. The van der Waals surface area contributed by atoms with Gasteiger partial charge >= 0.3 is 5.97 Å². The first-order chi connectivity index (χ1) is 16.6. The molecule has 1 fully saturated rings. The fraction of sp³-hybridized carbons (Fsp3) is 0.250. The van der Waals surface area contributed by atoms with E-state index in [1.54, 1.807) is 42.5 Å². The number of esters is 1. The summed E-state index contributed by atoms with van der Waals surface area (Å²) >= 11 is 0. The number of rotatable bonds is 4. The first kappa shape index (κ1) is 21.9. The van der Waals surface area contributed by atoms with Crippen molar-refractivity contribution in [2.45, 2.75) is 31.8 Å². The summed E-state index contributed by atoms with van der Waals surface area (Å²) in [5.41, 5.74) is 3.58. The zero-order chi connectivity index (χ0) is 23.5. The molecule has 2 aliphatic heterocycles. The molecule has 0 saturated carbocycles. The van der Waals surface area contributed by atoms with Crippen molar-refractivity contribution in [2.75, 3.05) is 18.4 Å². The van der Waals surface area contributed by atoms with E-state index in [1.807, 2.05) is 35.2 Å². The van der Waals surface area contributed by atoms with Crippen molar-refractivity contribution in [3.05, 3.63) is 101 Å². The minimum atomic E-state index is -0.389. The van der Waals surface area contributed by atoms with Gasteiger partial charge in [0.25, 0.3) is 11.8 Å². The van der Waals surface area contributed by atoms with Gasteiger partial charge in [-0.2, -0.15) is 0 Å². The van der Waals surface area contributed by atoms with Gasteiger partial charge in [-0.1, -0.05) is 42.5 Å². The topological polar surface area (TPSA) is 75.7 Å².